The number of piperidine rings is 1. The molecule has 112 valence electrons. The molecule has 2 nitrogen and oxygen atoms in total. The van der Waals surface area contributed by atoms with Gasteiger partial charge < -0.3 is 10.6 Å². The third-order valence-corrected chi connectivity index (χ3v) is 4.45. The van der Waals surface area contributed by atoms with Gasteiger partial charge in [0.15, 0.2) is 0 Å². The van der Waals surface area contributed by atoms with Gasteiger partial charge in [0, 0.05) is 24.8 Å². The molecular formula is C18H30N2. The van der Waals surface area contributed by atoms with Crippen molar-refractivity contribution in [3.63, 3.8) is 0 Å². The van der Waals surface area contributed by atoms with Gasteiger partial charge in [0.2, 0.25) is 0 Å². The molecule has 0 aliphatic carbocycles. The Balaban J connectivity index is 2.25. The average molecular weight is 274 g/mol. The molecule has 0 spiro atoms. The summed E-state index contributed by atoms with van der Waals surface area (Å²) in [5, 5.41) is 0. The van der Waals surface area contributed by atoms with E-state index in [1.807, 2.05) is 0 Å². The minimum Gasteiger partial charge on any atom is -0.371 e. The zero-order chi connectivity index (χ0) is 14.7. The first-order chi connectivity index (χ1) is 9.49. The van der Waals surface area contributed by atoms with Crippen molar-refractivity contribution in [2.75, 3.05) is 18.0 Å². The molecule has 2 heteroatoms. The molecule has 0 saturated carbocycles. The van der Waals surface area contributed by atoms with Gasteiger partial charge in [-0.15, -0.1) is 0 Å². The maximum absolute atomic E-state index is 6.19. The molecule has 3 atom stereocenters. The Morgan fingerprint density at radius 1 is 1.25 bits per heavy atom. The lowest BCUT2D eigenvalue weighted by atomic mass is 9.90. The van der Waals surface area contributed by atoms with Crippen LogP contribution in [0.25, 0.3) is 0 Å². The van der Waals surface area contributed by atoms with E-state index in [1.165, 1.54) is 36.3 Å². The quantitative estimate of drug-likeness (QED) is 0.906. The van der Waals surface area contributed by atoms with E-state index < -0.39 is 0 Å². The SMILES string of the molecule is CCC(N)Cc1cc(C)ccc1N1CC(C)CC(C)C1. The van der Waals surface area contributed by atoms with Crippen LogP contribution in [0.1, 0.15) is 44.7 Å². The van der Waals surface area contributed by atoms with E-state index in [4.69, 9.17) is 5.73 Å². The van der Waals surface area contributed by atoms with Crippen LogP contribution < -0.4 is 10.6 Å². The van der Waals surface area contributed by atoms with Gasteiger partial charge in [-0.1, -0.05) is 38.5 Å². The summed E-state index contributed by atoms with van der Waals surface area (Å²) in [6.07, 6.45) is 3.39. The van der Waals surface area contributed by atoms with E-state index in [2.05, 4.69) is 50.8 Å². The van der Waals surface area contributed by atoms with Crippen LogP contribution in [0.15, 0.2) is 18.2 Å². The maximum atomic E-state index is 6.19. The second kappa shape index (κ2) is 6.62. The van der Waals surface area contributed by atoms with Gasteiger partial charge in [0.25, 0.3) is 0 Å². The van der Waals surface area contributed by atoms with E-state index in [-0.39, 0.29) is 6.04 Å². The molecule has 0 amide bonds. The molecule has 0 radical (unpaired) electrons. The van der Waals surface area contributed by atoms with Gasteiger partial charge >= 0.3 is 0 Å². The van der Waals surface area contributed by atoms with E-state index >= 15 is 0 Å². The predicted molar refractivity (Wildman–Crippen MR) is 88.3 cm³/mol. The van der Waals surface area contributed by atoms with Gasteiger partial charge in [0.05, 0.1) is 0 Å². The van der Waals surface area contributed by atoms with Gasteiger partial charge in [-0.05, 0) is 49.7 Å². The molecule has 20 heavy (non-hydrogen) atoms. The second-order valence-electron chi connectivity index (χ2n) is 6.86. The third kappa shape index (κ3) is 3.76. The number of aryl methyl sites for hydroxylation is 1. The van der Waals surface area contributed by atoms with Crippen LogP contribution in [0, 0.1) is 18.8 Å². The first-order valence-electron chi connectivity index (χ1n) is 8.09. The molecule has 1 aromatic rings. The van der Waals surface area contributed by atoms with Crippen LogP contribution in [-0.4, -0.2) is 19.1 Å². The first kappa shape index (κ1) is 15.4. The molecule has 1 aromatic carbocycles. The van der Waals surface area contributed by atoms with E-state index in [9.17, 15) is 0 Å². The van der Waals surface area contributed by atoms with Crippen molar-refractivity contribution in [1.82, 2.24) is 0 Å². The number of nitrogens with two attached hydrogens (primary N) is 1. The van der Waals surface area contributed by atoms with Crippen molar-refractivity contribution in [2.45, 2.75) is 53.0 Å². The van der Waals surface area contributed by atoms with Crippen molar-refractivity contribution in [3.05, 3.63) is 29.3 Å². The fourth-order valence-corrected chi connectivity index (χ4v) is 3.47. The highest BCUT2D eigenvalue weighted by atomic mass is 15.1. The number of rotatable bonds is 4. The molecule has 0 aromatic heterocycles. The van der Waals surface area contributed by atoms with Crippen molar-refractivity contribution < 1.29 is 0 Å². The molecular weight excluding hydrogens is 244 g/mol. The minimum atomic E-state index is 0.273. The van der Waals surface area contributed by atoms with E-state index in [0.29, 0.717) is 0 Å². The molecule has 0 bridgehead atoms. The van der Waals surface area contributed by atoms with E-state index in [1.54, 1.807) is 0 Å². The molecule has 2 N–H and O–H groups in total. The lowest BCUT2D eigenvalue weighted by molar-refractivity contribution is 0.356. The highest BCUT2D eigenvalue weighted by Crippen LogP contribution is 2.30. The smallest absolute Gasteiger partial charge is 0.0399 e. The van der Waals surface area contributed by atoms with Gasteiger partial charge in [-0.3, -0.25) is 0 Å². The van der Waals surface area contributed by atoms with Gasteiger partial charge in [0.1, 0.15) is 0 Å². The molecule has 1 heterocycles. The Labute approximate surface area is 124 Å². The highest BCUT2D eigenvalue weighted by molar-refractivity contribution is 5.55. The van der Waals surface area contributed by atoms with Crippen LogP contribution in [0.5, 0.6) is 0 Å². The van der Waals surface area contributed by atoms with Crippen LogP contribution in [0.4, 0.5) is 5.69 Å². The summed E-state index contributed by atoms with van der Waals surface area (Å²) in [6, 6.07) is 7.14. The molecule has 1 saturated heterocycles. The van der Waals surface area contributed by atoms with Crippen molar-refractivity contribution >= 4 is 5.69 Å². The summed E-state index contributed by atoms with van der Waals surface area (Å²) in [4.78, 5) is 2.58. The van der Waals surface area contributed by atoms with Gasteiger partial charge in [-0.25, -0.2) is 0 Å². The number of benzene rings is 1. The molecule has 1 aliphatic heterocycles. The Hall–Kier alpha value is -1.02. The summed E-state index contributed by atoms with van der Waals surface area (Å²) in [5.74, 6) is 1.57. The largest absolute Gasteiger partial charge is 0.371 e. The Kier molecular flexibility index (Phi) is 5.09. The van der Waals surface area contributed by atoms with Crippen LogP contribution in [0.2, 0.25) is 0 Å². The summed E-state index contributed by atoms with van der Waals surface area (Å²) < 4.78 is 0. The van der Waals surface area contributed by atoms with Crippen molar-refractivity contribution in [3.8, 4) is 0 Å². The number of nitrogens with zero attached hydrogens (tertiary/aromatic N) is 1. The summed E-state index contributed by atoms with van der Waals surface area (Å²) in [5.41, 5.74) is 10.4. The summed E-state index contributed by atoms with van der Waals surface area (Å²) >= 11 is 0. The number of hydrogen-bond donors (Lipinski definition) is 1. The number of hydrogen-bond acceptors (Lipinski definition) is 2. The van der Waals surface area contributed by atoms with E-state index in [0.717, 1.165) is 24.7 Å². The monoisotopic (exact) mass is 274 g/mol. The lowest BCUT2D eigenvalue weighted by Gasteiger charge is -2.38. The standard InChI is InChI=1S/C18H30N2/c1-5-17(19)10-16-9-13(2)6-7-18(16)20-11-14(3)8-15(4)12-20/h6-7,9,14-15,17H,5,8,10-12,19H2,1-4H3. The highest BCUT2D eigenvalue weighted by Gasteiger charge is 2.23. The van der Waals surface area contributed by atoms with Crippen LogP contribution >= 0.6 is 0 Å². The summed E-state index contributed by atoms with van der Waals surface area (Å²) in [7, 11) is 0. The maximum Gasteiger partial charge on any atom is 0.0399 e. The summed E-state index contributed by atoms with van der Waals surface area (Å²) in [6.45, 7) is 11.4. The fourth-order valence-electron chi connectivity index (χ4n) is 3.47. The van der Waals surface area contributed by atoms with Gasteiger partial charge in [-0.2, -0.15) is 0 Å². The number of anilines is 1. The predicted octanol–water partition coefficient (Wildman–Crippen LogP) is 3.76. The Morgan fingerprint density at radius 3 is 2.50 bits per heavy atom. The average Bonchev–Trinajstić information content (AvgIpc) is 2.37. The molecule has 2 rings (SSSR count). The third-order valence-electron chi connectivity index (χ3n) is 4.45. The molecule has 1 aliphatic rings. The topological polar surface area (TPSA) is 29.3 Å². The normalized spacial score (nSPS) is 24.8. The minimum absolute atomic E-state index is 0.273. The Morgan fingerprint density at radius 2 is 1.90 bits per heavy atom. The molecule has 1 fully saturated rings. The fraction of sp³-hybridized carbons (Fsp3) is 0.667. The zero-order valence-corrected chi connectivity index (χ0v) is 13.5. The second-order valence-corrected chi connectivity index (χ2v) is 6.86. The molecule has 3 unspecified atom stereocenters. The zero-order valence-electron chi connectivity index (χ0n) is 13.5. The van der Waals surface area contributed by atoms with Crippen LogP contribution in [0.3, 0.4) is 0 Å². The lowest BCUT2D eigenvalue weighted by Crippen LogP contribution is -2.39. The van der Waals surface area contributed by atoms with Crippen LogP contribution in [-0.2, 0) is 6.42 Å². The van der Waals surface area contributed by atoms with Crippen molar-refractivity contribution in [2.24, 2.45) is 17.6 Å². The van der Waals surface area contributed by atoms with Crippen molar-refractivity contribution in [1.29, 1.82) is 0 Å². The Bertz CT molecular complexity index is 431. The first-order valence-corrected chi connectivity index (χ1v) is 8.09.